The number of hydrogen-bond acceptors (Lipinski definition) is 2. The van der Waals surface area contributed by atoms with Gasteiger partial charge in [-0.2, -0.15) is 5.10 Å². The molecule has 0 spiro atoms. The highest BCUT2D eigenvalue weighted by Gasteiger charge is 2.03. The van der Waals surface area contributed by atoms with Crippen molar-refractivity contribution in [1.29, 1.82) is 0 Å². The number of rotatable bonds is 3. The summed E-state index contributed by atoms with van der Waals surface area (Å²) in [6, 6.07) is 10.4. The van der Waals surface area contributed by atoms with Crippen LogP contribution in [0, 0.1) is 6.92 Å². The fraction of sp³-hybridized carbons (Fsp3) is 0.308. The molecule has 2 N–H and O–H groups in total. The molecule has 1 aromatic heterocycles. The third kappa shape index (κ3) is 2.14. The summed E-state index contributed by atoms with van der Waals surface area (Å²) in [5.74, 6) is 0. The zero-order chi connectivity index (χ0) is 11.5. The van der Waals surface area contributed by atoms with Gasteiger partial charge in [-0.1, -0.05) is 19.1 Å². The minimum atomic E-state index is 0.133. The van der Waals surface area contributed by atoms with Crippen LogP contribution in [-0.2, 0) is 0 Å². The van der Waals surface area contributed by atoms with E-state index in [9.17, 15) is 0 Å². The Hall–Kier alpha value is -1.61. The van der Waals surface area contributed by atoms with E-state index in [1.54, 1.807) is 0 Å². The van der Waals surface area contributed by atoms with Crippen molar-refractivity contribution >= 4 is 0 Å². The van der Waals surface area contributed by atoms with Crippen LogP contribution < -0.4 is 5.73 Å². The minimum Gasteiger partial charge on any atom is -0.324 e. The second kappa shape index (κ2) is 4.49. The van der Waals surface area contributed by atoms with E-state index < -0.39 is 0 Å². The molecule has 84 valence electrons. The van der Waals surface area contributed by atoms with E-state index in [0.717, 1.165) is 17.8 Å². The van der Waals surface area contributed by atoms with Gasteiger partial charge in [-0.3, -0.25) is 0 Å². The Morgan fingerprint density at radius 3 is 2.44 bits per heavy atom. The molecular weight excluding hydrogens is 198 g/mol. The monoisotopic (exact) mass is 215 g/mol. The zero-order valence-corrected chi connectivity index (χ0v) is 9.72. The molecule has 0 aliphatic carbocycles. The number of nitrogens with zero attached hydrogens (tertiary/aromatic N) is 2. The number of hydrogen-bond donors (Lipinski definition) is 1. The smallest absolute Gasteiger partial charge is 0.0645 e. The molecule has 1 aromatic carbocycles. The Labute approximate surface area is 95.9 Å². The summed E-state index contributed by atoms with van der Waals surface area (Å²) in [6.07, 6.45) is 2.92. The summed E-state index contributed by atoms with van der Waals surface area (Å²) in [5.41, 5.74) is 9.23. The molecule has 3 heteroatoms. The van der Waals surface area contributed by atoms with Gasteiger partial charge in [0.25, 0.3) is 0 Å². The standard InChI is InChI=1S/C13H17N3/c1-3-13(14)11-4-6-12(7-5-11)16-9-8-10(2)15-16/h4-9,13H,3,14H2,1-2H3. The largest absolute Gasteiger partial charge is 0.324 e. The lowest BCUT2D eigenvalue weighted by Gasteiger charge is -2.09. The van der Waals surface area contributed by atoms with Crippen LogP contribution in [-0.4, -0.2) is 9.78 Å². The van der Waals surface area contributed by atoms with Gasteiger partial charge in [-0.05, 0) is 37.1 Å². The van der Waals surface area contributed by atoms with E-state index in [0.29, 0.717) is 0 Å². The fourth-order valence-electron chi connectivity index (χ4n) is 1.67. The number of benzene rings is 1. The Kier molecular flexibility index (Phi) is 3.06. The van der Waals surface area contributed by atoms with Crippen LogP contribution in [0.5, 0.6) is 0 Å². The lowest BCUT2D eigenvalue weighted by Crippen LogP contribution is -2.08. The van der Waals surface area contributed by atoms with Crippen LogP contribution in [0.1, 0.15) is 30.6 Å². The molecule has 0 aliphatic rings. The summed E-state index contributed by atoms with van der Waals surface area (Å²) in [7, 11) is 0. The molecule has 0 saturated carbocycles. The first-order chi connectivity index (χ1) is 7.70. The van der Waals surface area contributed by atoms with Gasteiger partial charge in [-0.25, -0.2) is 4.68 Å². The van der Waals surface area contributed by atoms with Gasteiger partial charge in [-0.15, -0.1) is 0 Å². The number of aryl methyl sites for hydroxylation is 1. The predicted molar refractivity (Wildman–Crippen MR) is 65.5 cm³/mol. The fourth-order valence-corrected chi connectivity index (χ4v) is 1.67. The van der Waals surface area contributed by atoms with Crippen molar-refractivity contribution in [2.45, 2.75) is 26.3 Å². The van der Waals surface area contributed by atoms with E-state index >= 15 is 0 Å². The molecule has 1 atom stereocenters. The third-order valence-electron chi connectivity index (χ3n) is 2.75. The maximum atomic E-state index is 5.96. The van der Waals surface area contributed by atoms with Gasteiger partial charge in [0.1, 0.15) is 0 Å². The molecule has 3 nitrogen and oxygen atoms in total. The summed E-state index contributed by atoms with van der Waals surface area (Å²) >= 11 is 0. The molecule has 0 saturated heterocycles. The second-order valence-corrected chi connectivity index (χ2v) is 4.01. The quantitative estimate of drug-likeness (QED) is 0.855. The third-order valence-corrected chi connectivity index (χ3v) is 2.75. The van der Waals surface area contributed by atoms with Crippen LogP contribution >= 0.6 is 0 Å². The van der Waals surface area contributed by atoms with Gasteiger partial charge >= 0.3 is 0 Å². The highest BCUT2D eigenvalue weighted by molar-refractivity contribution is 5.35. The lowest BCUT2D eigenvalue weighted by molar-refractivity contribution is 0.698. The zero-order valence-electron chi connectivity index (χ0n) is 9.72. The maximum Gasteiger partial charge on any atom is 0.0645 e. The normalized spacial score (nSPS) is 12.7. The molecule has 0 fully saturated rings. The van der Waals surface area contributed by atoms with Crippen molar-refractivity contribution in [2.24, 2.45) is 5.73 Å². The van der Waals surface area contributed by atoms with Crippen LogP contribution in [0.25, 0.3) is 5.69 Å². The summed E-state index contributed by atoms with van der Waals surface area (Å²) in [4.78, 5) is 0. The Balaban J connectivity index is 2.25. The maximum absolute atomic E-state index is 5.96. The molecule has 0 radical (unpaired) electrons. The Morgan fingerprint density at radius 2 is 1.94 bits per heavy atom. The van der Waals surface area contributed by atoms with Crippen LogP contribution in [0.4, 0.5) is 0 Å². The molecule has 1 unspecified atom stereocenters. The van der Waals surface area contributed by atoms with Crippen molar-refractivity contribution < 1.29 is 0 Å². The first-order valence-corrected chi connectivity index (χ1v) is 5.59. The van der Waals surface area contributed by atoms with Crippen molar-refractivity contribution in [2.75, 3.05) is 0 Å². The van der Waals surface area contributed by atoms with E-state index in [1.807, 2.05) is 23.9 Å². The molecular formula is C13H17N3. The molecule has 0 aliphatic heterocycles. The van der Waals surface area contributed by atoms with Crippen LogP contribution in [0.3, 0.4) is 0 Å². The minimum absolute atomic E-state index is 0.133. The van der Waals surface area contributed by atoms with Crippen molar-refractivity contribution in [1.82, 2.24) is 9.78 Å². The second-order valence-electron chi connectivity index (χ2n) is 4.01. The molecule has 2 aromatic rings. The van der Waals surface area contributed by atoms with E-state index in [-0.39, 0.29) is 6.04 Å². The van der Waals surface area contributed by atoms with E-state index in [2.05, 4.69) is 36.3 Å². The van der Waals surface area contributed by atoms with Crippen LogP contribution in [0.2, 0.25) is 0 Å². The van der Waals surface area contributed by atoms with E-state index in [1.165, 1.54) is 5.56 Å². The Bertz CT molecular complexity index is 456. The van der Waals surface area contributed by atoms with Gasteiger partial charge in [0.05, 0.1) is 11.4 Å². The predicted octanol–water partition coefficient (Wildman–Crippen LogP) is 2.59. The number of nitrogens with two attached hydrogens (primary N) is 1. The first-order valence-electron chi connectivity index (χ1n) is 5.59. The SMILES string of the molecule is CCC(N)c1ccc(-n2ccc(C)n2)cc1. The summed E-state index contributed by atoms with van der Waals surface area (Å²) in [6.45, 7) is 4.08. The lowest BCUT2D eigenvalue weighted by atomic mass is 10.1. The summed E-state index contributed by atoms with van der Waals surface area (Å²) in [5, 5.41) is 4.36. The van der Waals surface area contributed by atoms with Crippen molar-refractivity contribution in [3.05, 3.63) is 47.8 Å². The van der Waals surface area contributed by atoms with Gasteiger partial charge < -0.3 is 5.73 Å². The molecule has 2 rings (SSSR count). The van der Waals surface area contributed by atoms with E-state index in [4.69, 9.17) is 5.73 Å². The van der Waals surface area contributed by atoms with Gasteiger partial charge in [0, 0.05) is 12.2 Å². The average Bonchev–Trinajstić information content (AvgIpc) is 2.75. The first kappa shape index (κ1) is 10.9. The molecule has 16 heavy (non-hydrogen) atoms. The highest BCUT2D eigenvalue weighted by Crippen LogP contribution is 2.16. The Morgan fingerprint density at radius 1 is 1.25 bits per heavy atom. The van der Waals surface area contributed by atoms with Gasteiger partial charge in [0.2, 0.25) is 0 Å². The average molecular weight is 215 g/mol. The van der Waals surface area contributed by atoms with Crippen molar-refractivity contribution in [3.63, 3.8) is 0 Å². The van der Waals surface area contributed by atoms with Crippen LogP contribution in [0.15, 0.2) is 36.5 Å². The molecule has 1 heterocycles. The molecule has 0 amide bonds. The molecule has 0 bridgehead atoms. The topological polar surface area (TPSA) is 43.8 Å². The van der Waals surface area contributed by atoms with Crippen molar-refractivity contribution in [3.8, 4) is 5.69 Å². The highest BCUT2D eigenvalue weighted by atomic mass is 15.3. The summed E-state index contributed by atoms with van der Waals surface area (Å²) < 4.78 is 1.87. The number of aromatic nitrogens is 2. The van der Waals surface area contributed by atoms with Gasteiger partial charge in [0.15, 0.2) is 0 Å².